The molecular weight excluding hydrogens is 331 g/mol. The molecule has 2 aromatic carbocycles. The van der Waals surface area contributed by atoms with Crippen LogP contribution in [0.5, 0.6) is 0 Å². The summed E-state index contributed by atoms with van der Waals surface area (Å²) in [5, 5.41) is 5.04. The van der Waals surface area contributed by atoms with Gasteiger partial charge in [0.1, 0.15) is 0 Å². The largest absolute Gasteiger partial charge is 0.358 e. The molecule has 0 saturated carbocycles. The van der Waals surface area contributed by atoms with Crippen LogP contribution in [0.4, 0.5) is 0 Å². The van der Waals surface area contributed by atoms with Gasteiger partial charge >= 0.3 is 0 Å². The SMILES string of the molecule is Cc1[nH]c2ccccc2c1C(=O)NC(C)c1ccc(Cl)cc1Cl. The van der Waals surface area contributed by atoms with Gasteiger partial charge in [-0.05, 0) is 37.6 Å². The second-order valence-corrected chi connectivity index (χ2v) is 6.38. The molecule has 1 amide bonds. The topological polar surface area (TPSA) is 44.9 Å². The third-order valence-corrected chi connectivity index (χ3v) is 4.46. The molecule has 0 radical (unpaired) electrons. The number of hydrogen-bond acceptors (Lipinski definition) is 1. The molecule has 23 heavy (non-hydrogen) atoms. The maximum absolute atomic E-state index is 12.7. The molecule has 0 aliphatic heterocycles. The molecule has 118 valence electrons. The molecule has 0 bridgehead atoms. The highest BCUT2D eigenvalue weighted by Crippen LogP contribution is 2.27. The predicted octanol–water partition coefficient (Wildman–Crippen LogP) is 5.27. The third kappa shape index (κ3) is 3.07. The molecule has 0 saturated heterocycles. The van der Waals surface area contributed by atoms with Gasteiger partial charge in [-0.2, -0.15) is 0 Å². The van der Waals surface area contributed by atoms with Gasteiger partial charge in [0.05, 0.1) is 11.6 Å². The first-order valence-electron chi connectivity index (χ1n) is 7.30. The fourth-order valence-electron chi connectivity index (χ4n) is 2.77. The van der Waals surface area contributed by atoms with Gasteiger partial charge in [-0.3, -0.25) is 4.79 Å². The van der Waals surface area contributed by atoms with Gasteiger partial charge in [0.2, 0.25) is 0 Å². The molecule has 0 aliphatic rings. The number of nitrogens with one attached hydrogen (secondary N) is 2. The maximum Gasteiger partial charge on any atom is 0.254 e. The van der Waals surface area contributed by atoms with Crippen molar-refractivity contribution in [2.45, 2.75) is 19.9 Å². The van der Waals surface area contributed by atoms with Crippen molar-refractivity contribution in [3.63, 3.8) is 0 Å². The second-order valence-electron chi connectivity index (χ2n) is 5.53. The highest BCUT2D eigenvalue weighted by Gasteiger charge is 2.19. The van der Waals surface area contributed by atoms with Crippen LogP contribution in [0.1, 0.15) is 34.6 Å². The molecule has 2 N–H and O–H groups in total. The minimum absolute atomic E-state index is 0.126. The van der Waals surface area contributed by atoms with Gasteiger partial charge in [0.15, 0.2) is 0 Å². The lowest BCUT2D eigenvalue weighted by Gasteiger charge is -2.16. The summed E-state index contributed by atoms with van der Waals surface area (Å²) in [4.78, 5) is 15.9. The minimum atomic E-state index is -0.222. The number of carbonyl (C=O) groups is 1. The predicted molar refractivity (Wildman–Crippen MR) is 95.4 cm³/mol. The summed E-state index contributed by atoms with van der Waals surface area (Å²) < 4.78 is 0. The van der Waals surface area contributed by atoms with Crippen LogP contribution in [0.25, 0.3) is 10.9 Å². The Kier molecular flexibility index (Phi) is 4.33. The van der Waals surface area contributed by atoms with E-state index in [1.54, 1.807) is 12.1 Å². The lowest BCUT2D eigenvalue weighted by molar-refractivity contribution is 0.0941. The molecule has 0 fully saturated rings. The fourth-order valence-corrected chi connectivity index (χ4v) is 3.34. The zero-order chi connectivity index (χ0) is 16.6. The summed E-state index contributed by atoms with van der Waals surface area (Å²) in [5.41, 5.74) is 3.30. The first-order valence-corrected chi connectivity index (χ1v) is 8.06. The van der Waals surface area contributed by atoms with E-state index in [1.807, 2.05) is 44.2 Å². The number of halogens is 2. The minimum Gasteiger partial charge on any atom is -0.358 e. The standard InChI is InChI=1S/C18H16Cl2N2O/c1-10(13-8-7-12(19)9-15(13)20)22-18(23)17-11(2)21-16-6-4-3-5-14(16)17/h3-10,21H,1-2H3,(H,22,23). The van der Waals surface area contributed by atoms with Crippen molar-refractivity contribution >= 4 is 40.0 Å². The van der Waals surface area contributed by atoms with E-state index in [2.05, 4.69) is 10.3 Å². The molecule has 1 unspecified atom stereocenters. The van der Waals surface area contributed by atoms with Crippen molar-refractivity contribution in [3.05, 3.63) is 69.3 Å². The van der Waals surface area contributed by atoms with Crippen LogP contribution in [0.2, 0.25) is 10.0 Å². The average Bonchev–Trinajstić information content (AvgIpc) is 2.82. The zero-order valence-corrected chi connectivity index (χ0v) is 14.3. The number of aromatic amines is 1. The van der Waals surface area contributed by atoms with Gasteiger partial charge in [-0.1, -0.05) is 47.5 Å². The molecule has 0 aliphatic carbocycles. The molecule has 3 rings (SSSR count). The van der Waals surface area contributed by atoms with E-state index < -0.39 is 0 Å². The summed E-state index contributed by atoms with van der Waals surface area (Å²) in [5.74, 6) is -0.126. The smallest absolute Gasteiger partial charge is 0.254 e. The van der Waals surface area contributed by atoms with E-state index in [0.717, 1.165) is 22.2 Å². The van der Waals surface area contributed by atoms with E-state index >= 15 is 0 Å². The number of para-hydroxylation sites is 1. The number of carbonyl (C=O) groups excluding carboxylic acids is 1. The van der Waals surface area contributed by atoms with Crippen molar-refractivity contribution in [3.8, 4) is 0 Å². The number of aromatic nitrogens is 1. The van der Waals surface area contributed by atoms with E-state index in [9.17, 15) is 4.79 Å². The Morgan fingerprint density at radius 2 is 1.91 bits per heavy atom. The zero-order valence-electron chi connectivity index (χ0n) is 12.8. The molecule has 5 heteroatoms. The number of H-pyrrole nitrogens is 1. The van der Waals surface area contributed by atoms with Crippen LogP contribution in [0.3, 0.4) is 0 Å². The number of hydrogen-bond donors (Lipinski definition) is 2. The van der Waals surface area contributed by atoms with E-state index in [0.29, 0.717) is 15.6 Å². The van der Waals surface area contributed by atoms with Crippen molar-refractivity contribution in [1.82, 2.24) is 10.3 Å². The fraction of sp³-hybridized carbons (Fsp3) is 0.167. The van der Waals surface area contributed by atoms with Crippen molar-refractivity contribution in [2.75, 3.05) is 0 Å². The van der Waals surface area contributed by atoms with E-state index in [4.69, 9.17) is 23.2 Å². The van der Waals surface area contributed by atoms with Crippen LogP contribution in [0, 0.1) is 6.92 Å². The number of fused-ring (bicyclic) bond motifs is 1. The van der Waals surface area contributed by atoms with Gasteiger partial charge in [0, 0.05) is 26.6 Å². The highest BCUT2D eigenvalue weighted by atomic mass is 35.5. The quantitative estimate of drug-likeness (QED) is 0.666. The highest BCUT2D eigenvalue weighted by molar-refractivity contribution is 6.35. The molecular formula is C18H16Cl2N2O. The van der Waals surface area contributed by atoms with Crippen molar-refractivity contribution < 1.29 is 4.79 Å². The first kappa shape index (κ1) is 15.9. The molecule has 3 aromatic rings. The summed E-state index contributed by atoms with van der Waals surface area (Å²) >= 11 is 12.1. The average molecular weight is 347 g/mol. The molecule has 1 heterocycles. The normalized spacial score (nSPS) is 12.3. The van der Waals surface area contributed by atoms with Gasteiger partial charge in [-0.25, -0.2) is 0 Å². The van der Waals surface area contributed by atoms with Crippen molar-refractivity contribution in [2.24, 2.45) is 0 Å². The van der Waals surface area contributed by atoms with Crippen LogP contribution in [-0.4, -0.2) is 10.9 Å². The van der Waals surface area contributed by atoms with Crippen LogP contribution in [0.15, 0.2) is 42.5 Å². The lowest BCUT2D eigenvalue weighted by Crippen LogP contribution is -2.27. The van der Waals surface area contributed by atoms with Gasteiger partial charge in [-0.15, -0.1) is 0 Å². The Morgan fingerprint density at radius 1 is 1.17 bits per heavy atom. The Bertz CT molecular complexity index is 886. The Labute approximate surface area is 144 Å². The lowest BCUT2D eigenvalue weighted by atomic mass is 10.1. The number of amides is 1. The van der Waals surface area contributed by atoms with Crippen molar-refractivity contribution in [1.29, 1.82) is 0 Å². The van der Waals surface area contributed by atoms with E-state index in [-0.39, 0.29) is 11.9 Å². The summed E-state index contributed by atoms with van der Waals surface area (Å²) in [6.07, 6.45) is 0. The summed E-state index contributed by atoms with van der Waals surface area (Å²) in [7, 11) is 0. The third-order valence-electron chi connectivity index (χ3n) is 3.90. The summed E-state index contributed by atoms with van der Waals surface area (Å²) in [6, 6.07) is 12.8. The second kappa shape index (κ2) is 6.26. The first-order chi connectivity index (χ1) is 11.0. The maximum atomic E-state index is 12.7. The monoisotopic (exact) mass is 346 g/mol. The number of benzene rings is 2. The van der Waals surface area contributed by atoms with Crippen LogP contribution in [-0.2, 0) is 0 Å². The molecule has 3 nitrogen and oxygen atoms in total. The Morgan fingerprint density at radius 3 is 2.65 bits per heavy atom. The Balaban J connectivity index is 1.90. The number of rotatable bonds is 3. The van der Waals surface area contributed by atoms with Crippen LogP contribution < -0.4 is 5.32 Å². The molecule has 1 atom stereocenters. The molecule has 0 spiro atoms. The number of aryl methyl sites for hydroxylation is 1. The van der Waals surface area contributed by atoms with Gasteiger partial charge < -0.3 is 10.3 Å². The molecule has 1 aromatic heterocycles. The van der Waals surface area contributed by atoms with Gasteiger partial charge in [0.25, 0.3) is 5.91 Å². The Hall–Kier alpha value is -1.97. The van der Waals surface area contributed by atoms with E-state index in [1.165, 1.54) is 0 Å². The summed E-state index contributed by atoms with van der Waals surface area (Å²) in [6.45, 7) is 3.80. The van der Waals surface area contributed by atoms with Crippen LogP contribution >= 0.6 is 23.2 Å².